The van der Waals surface area contributed by atoms with Gasteiger partial charge in [0.2, 0.25) is 0 Å². The zero-order valence-corrected chi connectivity index (χ0v) is 24.9. The lowest BCUT2D eigenvalue weighted by Crippen LogP contribution is -2.41. The summed E-state index contributed by atoms with van der Waals surface area (Å²) in [7, 11) is 1.53. The molecule has 1 aromatic rings. The van der Waals surface area contributed by atoms with E-state index in [2.05, 4.69) is 16.0 Å². The van der Waals surface area contributed by atoms with E-state index in [1.807, 2.05) is 46.2 Å². The van der Waals surface area contributed by atoms with Gasteiger partial charge in [-0.2, -0.15) is 0 Å². The van der Waals surface area contributed by atoms with Crippen LogP contribution in [0.5, 0.6) is 11.5 Å². The number of benzene rings is 1. The van der Waals surface area contributed by atoms with Crippen LogP contribution in [0.25, 0.3) is 0 Å². The molecule has 0 radical (unpaired) electrons. The highest BCUT2D eigenvalue weighted by atomic mass is 16.8. The lowest BCUT2D eigenvalue weighted by molar-refractivity contribution is -0.156. The van der Waals surface area contributed by atoms with Crippen molar-refractivity contribution in [1.82, 2.24) is 16.0 Å². The molecule has 11 heteroatoms. The minimum absolute atomic E-state index is 0.0198. The van der Waals surface area contributed by atoms with Gasteiger partial charge in [0.05, 0.1) is 12.2 Å². The summed E-state index contributed by atoms with van der Waals surface area (Å²) in [6, 6.07) is 3.62. The Balaban J connectivity index is 1.54. The van der Waals surface area contributed by atoms with E-state index < -0.39 is 24.0 Å². The van der Waals surface area contributed by atoms with Gasteiger partial charge < -0.3 is 49.5 Å². The molecule has 4 rings (SSSR count). The number of aliphatic hydroxyl groups excluding tert-OH is 1. The topological polar surface area (TPSA) is 129 Å². The van der Waals surface area contributed by atoms with Gasteiger partial charge in [-0.3, -0.25) is 0 Å². The predicted molar refractivity (Wildman–Crippen MR) is 153 cm³/mol. The molecule has 11 nitrogen and oxygen atoms in total. The Morgan fingerprint density at radius 1 is 1.10 bits per heavy atom. The number of nitrogens with one attached hydrogen (secondary N) is 3. The van der Waals surface area contributed by atoms with E-state index in [0.717, 1.165) is 12.1 Å². The molecule has 0 aromatic heterocycles. The maximum absolute atomic E-state index is 13.6. The number of carbonyl (C=O) groups excluding carboxylic acids is 1. The number of cyclic esters (lactones) is 1. The fourth-order valence-electron chi connectivity index (χ4n) is 5.46. The van der Waals surface area contributed by atoms with Crippen LogP contribution >= 0.6 is 0 Å². The van der Waals surface area contributed by atoms with Crippen molar-refractivity contribution < 1.29 is 38.3 Å². The first kappa shape index (κ1) is 31.4. The monoisotopic (exact) mass is 577 g/mol. The second kappa shape index (κ2) is 14.6. The molecule has 3 aliphatic rings. The number of hydrogen-bond acceptors (Lipinski definition) is 11. The van der Waals surface area contributed by atoms with Crippen molar-refractivity contribution >= 4 is 5.97 Å². The Morgan fingerprint density at radius 3 is 2.63 bits per heavy atom. The normalized spacial score (nSPS) is 28.5. The summed E-state index contributed by atoms with van der Waals surface area (Å²) in [5.41, 5.74) is 1.15. The van der Waals surface area contributed by atoms with Gasteiger partial charge >= 0.3 is 5.97 Å². The van der Waals surface area contributed by atoms with Gasteiger partial charge in [-0.25, -0.2) is 4.79 Å². The van der Waals surface area contributed by atoms with Crippen LogP contribution in [0.15, 0.2) is 24.5 Å². The lowest BCUT2D eigenvalue weighted by Gasteiger charge is -2.27. The summed E-state index contributed by atoms with van der Waals surface area (Å²) in [6.07, 6.45) is 5.34. The second-order valence-corrected chi connectivity index (χ2v) is 11.5. The molecule has 1 aromatic carbocycles. The van der Waals surface area contributed by atoms with Gasteiger partial charge in [0.1, 0.15) is 42.0 Å². The van der Waals surface area contributed by atoms with Crippen LogP contribution in [-0.4, -0.2) is 81.0 Å². The smallest absolute Gasteiger partial charge is 0.342 e. The highest BCUT2D eigenvalue weighted by molar-refractivity contribution is 5.94. The third-order valence-electron chi connectivity index (χ3n) is 7.82. The Kier molecular flexibility index (Phi) is 11.1. The van der Waals surface area contributed by atoms with Crippen LogP contribution in [0, 0.1) is 5.92 Å². The highest BCUT2D eigenvalue weighted by Gasteiger charge is 2.44. The fraction of sp³-hybridized carbons (Fsp3) is 0.700. The van der Waals surface area contributed by atoms with E-state index in [-0.39, 0.29) is 31.1 Å². The average Bonchev–Trinajstić information content (AvgIpc) is 3.56. The molecular weight excluding hydrogens is 530 g/mol. The number of rotatable bonds is 9. The average molecular weight is 578 g/mol. The number of ether oxygens (including phenoxy) is 6. The maximum atomic E-state index is 13.6. The minimum atomic E-state index is -0.767. The number of esters is 1. The first-order valence-electron chi connectivity index (χ1n) is 14.7. The van der Waals surface area contributed by atoms with Crippen molar-refractivity contribution in [3.8, 4) is 11.5 Å². The number of fused-ring (bicyclic) bond motifs is 2. The van der Waals surface area contributed by atoms with E-state index in [4.69, 9.17) is 28.4 Å². The van der Waals surface area contributed by atoms with Crippen LogP contribution in [0.2, 0.25) is 0 Å². The van der Waals surface area contributed by atoms with Gasteiger partial charge in [-0.15, -0.1) is 0 Å². The van der Waals surface area contributed by atoms with Crippen molar-refractivity contribution in [1.29, 1.82) is 0 Å². The number of methoxy groups -OCH3 is 1. The molecule has 3 aliphatic heterocycles. The molecule has 3 heterocycles. The molecule has 1 fully saturated rings. The summed E-state index contributed by atoms with van der Waals surface area (Å²) >= 11 is 0. The van der Waals surface area contributed by atoms with Crippen molar-refractivity contribution in [2.75, 3.05) is 33.6 Å². The molecule has 230 valence electrons. The number of aliphatic hydroxyl groups is 1. The summed E-state index contributed by atoms with van der Waals surface area (Å²) in [5.74, 6) is -0.222. The van der Waals surface area contributed by atoms with E-state index in [9.17, 15) is 9.90 Å². The molecule has 0 bridgehead atoms. The molecule has 0 spiro atoms. The quantitative estimate of drug-likeness (QED) is 0.196. The minimum Gasteiger partial charge on any atom is -0.492 e. The predicted octanol–water partition coefficient (Wildman–Crippen LogP) is 2.81. The Morgan fingerprint density at radius 2 is 1.88 bits per heavy atom. The van der Waals surface area contributed by atoms with E-state index >= 15 is 0 Å². The molecule has 1 saturated heterocycles. The van der Waals surface area contributed by atoms with Crippen molar-refractivity contribution in [2.24, 2.45) is 5.92 Å². The molecule has 41 heavy (non-hydrogen) atoms. The van der Waals surface area contributed by atoms with E-state index in [1.54, 1.807) is 6.07 Å². The van der Waals surface area contributed by atoms with E-state index in [0.29, 0.717) is 62.3 Å². The van der Waals surface area contributed by atoms with Gasteiger partial charge in [0.25, 0.3) is 0 Å². The van der Waals surface area contributed by atoms with Gasteiger partial charge in [-0.05, 0) is 70.4 Å². The van der Waals surface area contributed by atoms with Crippen LogP contribution < -0.4 is 25.4 Å². The van der Waals surface area contributed by atoms with Crippen LogP contribution in [-0.2, 0) is 25.4 Å². The molecule has 4 unspecified atom stereocenters. The van der Waals surface area contributed by atoms with E-state index in [1.165, 1.54) is 7.11 Å². The standard InChI is InChI=1S/C30H47N3O8/c1-19-9-10-23(34)28-24(40-30(3,4)41-28)8-6-7-21-15-22(37-14-13-31-17-26-32-11-12-33-26)16-25(38-18-36-5)27(21)29(35)39-20(19)2/h11-12,15-16,19-20,23-24,26,28,31-34H,6-10,13-14,17-18H2,1-5H3/t19-,20?,23?,24?,28?/m1/s1. The first-order chi connectivity index (χ1) is 19.7. The second-order valence-electron chi connectivity index (χ2n) is 11.5. The third-order valence-corrected chi connectivity index (χ3v) is 7.82. The third kappa shape index (κ3) is 8.71. The summed E-state index contributed by atoms with van der Waals surface area (Å²) in [4.78, 5) is 13.6. The number of aryl methyl sites for hydroxylation is 1. The molecular formula is C30H47N3O8. The maximum Gasteiger partial charge on any atom is 0.342 e. The lowest BCUT2D eigenvalue weighted by atomic mass is 9.92. The van der Waals surface area contributed by atoms with Crippen molar-refractivity contribution in [3.05, 3.63) is 35.7 Å². The van der Waals surface area contributed by atoms with Crippen LogP contribution in [0.4, 0.5) is 0 Å². The Bertz CT molecular complexity index is 1030. The van der Waals surface area contributed by atoms with Crippen molar-refractivity contribution in [2.45, 2.75) is 96.2 Å². The molecule has 0 saturated carbocycles. The van der Waals surface area contributed by atoms with Crippen LogP contribution in [0.1, 0.15) is 69.3 Å². The zero-order chi connectivity index (χ0) is 29.4. The highest BCUT2D eigenvalue weighted by Crippen LogP contribution is 2.36. The number of carbonyl (C=O) groups is 1. The van der Waals surface area contributed by atoms with Crippen molar-refractivity contribution in [3.63, 3.8) is 0 Å². The largest absolute Gasteiger partial charge is 0.492 e. The van der Waals surface area contributed by atoms with Gasteiger partial charge in [0.15, 0.2) is 12.6 Å². The first-order valence-corrected chi connectivity index (χ1v) is 14.7. The SMILES string of the molecule is COCOc1cc(OCCNCC2NC=CN2)cc2c1C(=O)OC(C)[C@H](C)CCC(O)C1OC(C)(C)OC1CCC2. The Labute approximate surface area is 243 Å². The Hall–Kier alpha value is -2.57. The van der Waals surface area contributed by atoms with Gasteiger partial charge in [-0.1, -0.05) is 6.92 Å². The molecule has 0 aliphatic carbocycles. The number of hydrogen-bond donors (Lipinski definition) is 4. The summed E-state index contributed by atoms with van der Waals surface area (Å²) in [5, 5.41) is 20.7. The van der Waals surface area contributed by atoms with Gasteiger partial charge in [0, 0.05) is 38.7 Å². The fourth-order valence-corrected chi connectivity index (χ4v) is 5.46. The molecule has 4 N–H and O–H groups in total. The molecule has 5 atom stereocenters. The summed E-state index contributed by atoms with van der Waals surface area (Å²) < 4.78 is 35.4. The van der Waals surface area contributed by atoms with Crippen LogP contribution in [0.3, 0.4) is 0 Å². The summed E-state index contributed by atoms with van der Waals surface area (Å²) in [6.45, 7) is 9.46. The molecule has 0 amide bonds. The zero-order valence-electron chi connectivity index (χ0n) is 24.9.